The van der Waals surface area contributed by atoms with Gasteiger partial charge in [0.05, 0.1) is 5.92 Å². The molecule has 1 atom stereocenters. The van der Waals surface area contributed by atoms with Gasteiger partial charge in [-0.15, -0.1) is 0 Å². The average molecular weight is 272 g/mol. The van der Waals surface area contributed by atoms with E-state index >= 15 is 0 Å². The third-order valence-corrected chi connectivity index (χ3v) is 3.59. The van der Waals surface area contributed by atoms with Gasteiger partial charge in [0.2, 0.25) is 0 Å². The summed E-state index contributed by atoms with van der Waals surface area (Å²) >= 11 is 0. The summed E-state index contributed by atoms with van der Waals surface area (Å²) in [6, 6.07) is 5.83. The molecule has 1 unspecified atom stereocenters. The molecule has 20 heavy (non-hydrogen) atoms. The van der Waals surface area contributed by atoms with Crippen molar-refractivity contribution >= 4 is 27.9 Å². The van der Waals surface area contributed by atoms with E-state index in [1.807, 2.05) is 32.0 Å². The average Bonchev–Trinajstić information content (AvgIpc) is 2.90. The van der Waals surface area contributed by atoms with Crippen molar-refractivity contribution in [3.05, 3.63) is 35.3 Å². The molecule has 2 aromatic heterocycles. The number of hydrogen-bond donors (Lipinski definition) is 1. The van der Waals surface area contributed by atoms with Crippen LogP contribution in [-0.2, 0) is 11.2 Å². The topological polar surface area (TPSA) is 63.6 Å². The monoisotopic (exact) mass is 272 g/mol. The number of aryl methyl sites for hydroxylation is 2. The van der Waals surface area contributed by atoms with E-state index in [0.29, 0.717) is 6.42 Å². The van der Waals surface area contributed by atoms with Crippen LogP contribution < -0.4 is 0 Å². The van der Waals surface area contributed by atoms with Gasteiger partial charge >= 0.3 is 5.97 Å². The lowest BCUT2D eigenvalue weighted by molar-refractivity contribution is -0.141. The molecule has 3 rings (SSSR count). The lowest BCUT2D eigenvalue weighted by Gasteiger charge is -2.08. The summed E-state index contributed by atoms with van der Waals surface area (Å²) in [6.07, 6.45) is 0.426. The molecule has 0 amide bonds. The Morgan fingerprint density at radius 3 is 2.60 bits per heavy atom. The standard InChI is InChI=1S/C16H16O4/c1-8(16(17)18)4-13-12-6-10(3)19-14(12)7-11-5-9(2)20-15(11)13/h5-8H,4H2,1-3H3,(H,17,18). The minimum absolute atomic E-state index is 0.426. The second-order valence-electron chi connectivity index (χ2n) is 5.34. The molecule has 4 heteroatoms. The molecule has 0 aliphatic carbocycles. The molecule has 0 radical (unpaired) electrons. The Hall–Kier alpha value is -2.23. The van der Waals surface area contributed by atoms with Crippen molar-refractivity contribution in [2.45, 2.75) is 27.2 Å². The van der Waals surface area contributed by atoms with E-state index in [1.165, 1.54) is 0 Å². The number of furan rings is 2. The van der Waals surface area contributed by atoms with Crippen molar-refractivity contribution < 1.29 is 18.7 Å². The van der Waals surface area contributed by atoms with E-state index in [2.05, 4.69) is 0 Å². The van der Waals surface area contributed by atoms with Crippen LogP contribution in [0, 0.1) is 19.8 Å². The van der Waals surface area contributed by atoms with Crippen LogP contribution >= 0.6 is 0 Å². The predicted octanol–water partition coefficient (Wildman–Crippen LogP) is 4.06. The fraction of sp³-hybridized carbons (Fsp3) is 0.312. The van der Waals surface area contributed by atoms with Gasteiger partial charge < -0.3 is 13.9 Å². The summed E-state index contributed by atoms with van der Waals surface area (Å²) in [5.41, 5.74) is 2.46. The van der Waals surface area contributed by atoms with Crippen molar-refractivity contribution in [2.24, 2.45) is 5.92 Å². The van der Waals surface area contributed by atoms with Crippen molar-refractivity contribution in [2.75, 3.05) is 0 Å². The van der Waals surface area contributed by atoms with Crippen LogP contribution in [0.1, 0.15) is 24.0 Å². The number of benzene rings is 1. The molecule has 4 nitrogen and oxygen atoms in total. The highest BCUT2D eigenvalue weighted by Crippen LogP contribution is 2.34. The molecule has 0 fully saturated rings. The van der Waals surface area contributed by atoms with Gasteiger partial charge in [0.25, 0.3) is 0 Å². The molecule has 0 saturated carbocycles. The summed E-state index contributed by atoms with van der Waals surface area (Å²) in [5.74, 6) is 0.352. The molecule has 1 N–H and O–H groups in total. The molecule has 0 aliphatic heterocycles. The number of carboxylic acids is 1. The first-order chi connectivity index (χ1) is 9.45. The first kappa shape index (κ1) is 12.8. The van der Waals surface area contributed by atoms with Gasteiger partial charge in [0, 0.05) is 16.3 Å². The molecule has 0 bridgehead atoms. The van der Waals surface area contributed by atoms with Gasteiger partial charge in [-0.25, -0.2) is 0 Å². The van der Waals surface area contributed by atoms with Gasteiger partial charge in [-0.2, -0.15) is 0 Å². The maximum Gasteiger partial charge on any atom is 0.306 e. The summed E-state index contributed by atoms with van der Waals surface area (Å²) < 4.78 is 11.4. The second-order valence-corrected chi connectivity index (χ2v) is 5.34. The summed E-state index contributed by atoms with van der Waals surface area (Å²) in [7, 11) is 0. The van der Waals surface area contributed by atoms with Crippen LogP contribution in [0.15, 0.2) is 27.0 Å². The Balaban J connectivity index is 2.28. The van der Waals surface area contributed by atoms with Gasteiger partial charge in [-0.1, -0.05) is 6.92 Å². The van der Waals surface area contributed by atoms with Crippen molar-refractivity contribution in [1.82, 2.24) is 0 Å². The number of fused-ring (bicyclic) bond motifs is 2. The molecule has 0 aliphatic rings. The minimum atomic E-state index is -0.807. The Kier molecular flexibility index (Phi) is 2.82. The molecular formula is C16H16O4. The molecule has 3 aromatic rings. The van der Waals surface area contributed by atoms with Gasteiger partial charge in [-0.3, -0.25) is 4.79 Å². The van der Waals surface area contributed by atoms with E-state index in [-0.39, 0.29) is 0 Å². The number of rotatable bonds is 3. The lowest BCUT2D eigenvalue weighted by atomic mass is 9.96. The van der Waals surface area contributed by atoms with E-state index in [0.717, 1.165) is 39.0 Å². The van der Waals surface area contributed by atoms with E-state index in [1.54, 1.807) is 6.92 Å². The number of hydrogen-bond acceptors (Lipinski definition) is 3. The van der Waals surface area contributed by atoms with Crippen molar-refractivity contribution in [3.63, 3.8) is 0 Å². The first-order valence-corrected chi connectivity index (χ1v) is 6.60. The summed E-state index contributed by atoms with van der Waals surface area (Å²) in [5, 5.41) is 11.0. The van der Waals surface area contributed by atoms with Crippen LogP contribution in [0.4, 0.5) is 0 Å². The molecule has 0 saturated heterocycles. The number of carboxylic acid groups (broad SMARTS) is 1. The summed E-state index contributed by atoms with van der Waals surface area (Å²) in [4.78, 5) is 11.1. The van der Waals surface area contributed by atoms with Gasteiger partial charge in [0.15, 0.2) is 0 Å². The highest BCUT2D eigenvalue weighted by molar-refractivity contribution is 5.98. The fourth-order valence-corrected chi connectivity index (χ4v) is 2.61. The molecule has 1 aromatic carbocycles. The normalized spacial score (nSPS) is 13.2. The molecule has 2 heterocycles. The first-order valence-electron chi connectivity index (χ1n) is 6.60. The number of carbonyl (C=O) groups is 1. The second kappa shape index (κ2) is 4.40. The maximum atomic E-state index is 11.1. The Labute approximate surface area is 116 Å². The SMILES string of the molecule is Cc1cc2c(CC(C)C(=O)O)c3oc(C)cc3cc2o1. The maximum absolute atomic E-state index is 11.1. The quantitative estimate of drug-likeness (QED) is 0.781. The zero-order valence-electron chi connectivity index (χ0n) is 11.7. The summed E-state index contributed by atoms with van der Waals surface area (Å²) in [6.45, 7) is 5.48. The number of aliphatic carboxylic acids is 1. The predicted molar refractivity (Wildman–Crippen MR) is 76.0 cm³/mol. The third-order valence-electron chi connectivity index (χ3n) is 3.59. The highest BCUT2D eigenvalue weighted by Gasteiger charge is 2.20. The van der Waals surface area contributed by atoms with Crippen molar-refractivity contribution in [3.8, 4) is 0 Å². The van der Waals surface area contributed by atoms with Crippen LogP contribution in [0.2, 0.25) is 0 Å². The van der Waals surface area contributed by atoms with Gasteiger partial charge in [0.1, 0.15) is 22.7 Å². The lowest BCUT2D eigenvalue weighted by Crippen LogP contribution is -2.12. The molecule has 0 spiro atoms. The minimum Gasteiger partial charge on any atom is -0.481 e. The zero-order valence-corrected chi connectivity index (χ0v) is 11.7. The van der Waals surface area contributed by atoms with E-state index in [9.17, 15) is 4.79 Å². The Bertz CT molecular complexity index is 752. The largest absolute Gasteiger partial charge is 0.481 e. The molecule has 104 valence electrons. The van der Waals surface area contributed by atoms with Crippen LogP contribution in [0.25, 0.3) is 21.9 Å². The fourth-order valence-electron chi connectivity index (χ4n) is 2.61. The van der Waals surface area contributed by atoms with Crippen LogP contribution in [-0.4, -0.2) is 11.1 Å². The smallest absolute Gasteiger partial charge is 0.306 e. The Morgan fingerprint density at radius 2 is 1.90 bits per heavy atom. The molecular weight excluding hydrogens is 256 g/mol. The Morgan fingerprint density at radius 1 is 1.20 bits per heavy atom. The third kappa shape index (κ3) is 1.97. The highest BCUT2D eigenvalue weighted by atomic mass is 16.4. The van der Waals surface area contributed by atoms with Crippen molar-refractivity contribution in [1.29, 1.82) is 0 Å². The van der Waals surface area contributed by atoms with Crippen LogP contribution in [0.3, 0.4) is 0 Å². The van der Waals surface area contributed by atoms with E-state index in [4.69, 9.17) is 13.9 Å². The zero-order chi connectivity index (χ0) is 14.4. The van der Waals surface area contributed by atoms with Crippen LogP contribution in [0.5, 0.6) is 0 Å². The van der Waals surface area contributed by atoms with E-state index < -0.39 is 11.9 Å². The van der Waals surface area contributed by atoms with Gasteiger partial charge in [-0.05, 0) is 38.5 Å².